The maximum atomic E-state index is 13.2. The van der Waals surface area contributed by atoms with Crippen LogP contribution in [0.5, 0.6) is 0 Å². The molecule has 0 fully saturated rings. The molecule has 0 unspecified atom stereocenters. The molecule has 20 heavy (non-hydrogen) atoms. The number of alkyl halides is 3. The monoisotopic (exact) mass is 288 g/mol. The number of nitrogens with one attached hydrogen (secondary N) is 1. The van der Waals surface area contributed by atoms with Crippen molar-refractivity contribution in [2.45, 2.75) is 12.6 Å². The van der Waals surface area contributed by atoms with Gasteiger partial charge in [0.25, 0.3) is 5.91 Å². The van der Waals surface area contributed by atoms with Crippen LogP contribution in [0.15, 0.2) is 18.2 Å². The molecule has 0 aliphatic rings. The fraction of sp³-hybridized carbons (Fsp3) is 0.182. The minimum atomic E-state index is -4.64. The minimum absolute atomic E-state index is 0.0458. The van der Waals surface area contributed by atoms with Crippen molar-refractivity contribution in [3.05, 3.63) is 46.8 Å². The lowest BCUT2D eigenvalue weighted by Gasteiger charge is -2.08. The van der Waals surface area contributed by atoms with E-state index in [0.717, 1.165) is 12.1 Å². The maximum absolute atomic E-state index is 13.2. The Hall–Kier alpha value is -2.45. The van der Waals surface area contributed by atoms with Crippen molar-refractivity contribution in [2.75, 3.05) is 0 Å². The smallest absolute Gasteiger partial charge is 0.363 e. The molecule has 1 heterocycles. The quantitative estimate of drug-likeness (QED) is 0.842. The number of amides is 1. The number of aromatic nitrogens is 3. The summed E-state index contributed by atoms with van der Waals surface area (Å²) >= 11 is 0. The Labute approximate surface area is 109 Å². The Balaban J connectivity index is 2.28. The molecule has 106 valence electrons. The van der Waals surface area contributed by atoms with Crippen LogP contribution in [0.2, 0.25) is 0 Å². The lowest BCUT2D eigenvalue weighted by atomic mass is 10.1. The van der Waals surface area contributed by atoms with Crippen molar-refractivity contribution in [1.82, 2.24) is 15.2 Å². The Morgan fingerprint density at radius 2 is 1.95 bits per heavy atom. The molecule has 3 N–H and O–H groups in total. The van der Waals surface area contributed by atoms with E-state index in [1.54, 1.807) is 0 Å². The third-order valence-corrected chi connectivity index (χ3v) is 2.42. The molecule has 2 rings (SSSR count). The molecule has 1 aromatic heterocycles. The molecule has 0 spiro atoms. The van der Waals surface area contributed by atoms with Crippen LogP contribution in [0.1, 0.15) is 27.6 Å². The van der Waals surface area contributed by atoms with Crippen LogP contribution in [0.3, 0.4) is 0 Å². The number of nitrogens with two attached hydrogens (primary N) is 1. The summed E-state index contributed by atoms with van der Waals surface area (Å²) in [4.78, 5) is 13.2. The average Bonchev–Trinajstić information content (AvgIpc) is 2.75. The number of halogens is 4. The predicted octanol–water partition coefficient (Wildman–Crippen LogP) is 1.65. The lowest BCUT2D eigenvalue weighted by Crippen LogP contribution is -2.12. The fourth-order valence-corrected chi connectivity index (χ4v) is 1.60. The number of nitrogens with zero attached hydrogens (tertiary/aromatic N) is 2. The summed E-state index contributed by atoms with van der Waals surface area (Å²) in [6, 6.07) is 2.15. The van der Waals surface area contributed by atoms with Crippen LogP contribution in [0.25, 0.3) is 0 Å². The number of benzene rings is 1. The molecule has 0 saturated heterocycles. The van der Waals surface area contributed by atoms with Crippen LogP contribution in [0.4, 0.5) is 17.6 Å². The SMILES string of the molecule is NC(=O)c1nnc(Cc2cc(F)cc(C(F)(F)F)c2)[nH]1. The van der Waals surface area contributed by atoms with Crippen molar-refractivity contribution in [3.63, 3.8) is 0 Å². The third-order valence-electron chi connectivity index (χ3n) is 2.42. The highest BCUT2D eigenvalue weighted by Crippen LogP contribution is 2.30. The standard InChI is InChI=1S/C11H8F4N4O/c12-7-2-5(1-6(4-7)11(13,14)15)3-8-17-10(9(16)20)19-18-8/h1-2,4H,3H2,(H2,16,20)(H,17,18,19). The van der Waals surface area contributed by atoms with Gasteiger partial charge in [-0.3, -0.25) is 4.79 Å². The van der Waals surface area contributed by atoms with E-state index in [0.29, 0.717) is 6.07 Å². The largest absolute Gasteiger partial charge is 0.416 e. The van der Waals surface area contributed by atoms with Gasteiger partial charge in [0.15, 0.2) is 0 Å². The Morgan fingerprint density at radius 3 is 2.50 bits per heavy atom. The Morgan fingerprint density at radius 1 is 1.25 bits per heavy atom. The van der Waals surface area contributed by atoms with E-state index < -0.39 is 23.5 Å². The van der Waals surface area contributed by atoms with Crippen LogP contribution >= 0.6 is 0 Å². The predicted molar refractivity (Wildman–Crippen MR) is 59.1 cm³/mol. The summed E-state index contributed by atoms with van der Waals surface area (Å²) in [5.74, 6) is -1.96. The summed E-state index contributed by atoms with van der Waals surface area (Å²) < 4.78 is 50.8. The van der Waals surface area contributed by atoms with E-state index in [9.17, 15) is 22.4 Å². The van der Waals surface area contributed by atoms with Gasteiger partial charge < -0.3 is 10.7 Å². The number of primary amides is 1. The number of H-pyrrole nitrogens is 1. The van der Waals surface area contributed by atoms with Gasteiger partial charge in [0.1, 0.15) is 11.6 Å². The van der Waals surface area contributed by atoms with E-state index in [4.69, 9.17) is 5.73 Å². The first-order chi connectivity index (χ1) is 9.25. The molecule has 0 aliphatic carbocycles. The summed E-state index contributed by atoms with van der Waals surface area (Å²) in [5, 5.41) is 6.95. The lowest BCUT2D eigenvalue weighted by molar-refractivity contribution is -0.137. The highest BCUT2D eigenvalue weighted by Gasteiger charge is 2.31. The molecule has 0 saturated carbocycles. The summed E-state index contributed by atoms with van der Waals surface area (Å²) in [7, 11) is 0. The van der Waals surface area contributed by atoms with Crippen LogP contribution < -0.4 is 5.73 Å². The second-order valence-corrected chi connectivity index (χ2v) is 4.01. The van der Waals surface area contributed by atoms with Gasteiger partial charge >= 0.3 is 6.18 Å². The van der Waals surface area contributed by atoms with E-state index in [1.807, 2.05) is 0 Å². The van der Waals surface area contributed by atoms with Gasteiger partial charge in [0.2, 0.25) is 5.82 Å². The molecular formula is C11H8F4N4O. The van der Waals surface area contributed by atoms with Gasteiger partial charge in [0, 0.05) is 6.42 Å². The normalized spacial score (nSPS) is 11.6. The first-order valence-electron chi connectivity index (χ1n) is 5.34. The number of carbonyl (C=O) groups is 1. The first kappa shape index (κ1) is 14.0. The maximum Gasteiger partial charge on any atom is 0.416 e. The molecule has 1 aromatic carbocycles. The zero-order chi connectivity index (χ0) is 14.9. The van der Waals surface area contributed by atoms with E-state index in [1.165, 1.54) is 0 Å². The molecule has 0 atom stereocenters. The van der Waals surface area contributed by atoms with E-state index in [2.05, 4.69) is 15.2 Å². The molecule has 0 aliphatic heterocycles. The summed E-state index contributed by atoms with van der Waals surface area (Å²) in [6.45, 7) is 0. The van der Waals surface area contributed by atoms with Gasteiger partial charge in [-0.15, -0.1) is 10.2 Å². The van der Waals surface area contributed by atoms with Crippen molar-refractivity contribution >= 4 is 5.91 Å². The van der Waals surface area contributed by atoms with Gasteiger partial charge in [-0.25, -0.2) is 4.39 Å². The number of aromatic amines is 1. The van der Waals surface area contributed by atoms with Crippen LogP contribution in [-0.2, 0) is 12.6 Å². The molecular weight excluding hydrogens is 280 g/mol. The van der Waals surface area contributed by atoms with Gasteiger partial charge in [-0.1, -0.05) is 0 Å². The van der Waals surface area contributed by atoms with E-state index in [-0.39, 0.29) is 23.6 Å². The second-order valence-electron chi connectivity index (χ2n) is 4.01. The molecule has 2 aromatic rings. The molecule has 1 amide bonds. The number of carbonyl (C=O) groups excluding carboxylic acids is 1. The van der Waals surface area contributed by atoms with Crippen molar-refractivity contribution < 1.29 is 22.4 Å². The zero-order valence-corrected chi connectivity index (χ0v) is 9.83. The summed E-state index contributed by atoms with van der Waals surface area (Å²) in [5.41, 5.74) is 3.89. The van der Waals surface area contributed by atoms with Crippen molar-refractivity contribution in [2.24, 2.45) is 5.73 Å². The van der Waals surface area contributed by atoms with Crippen LogP contribution in [0, 0.1) is 5.82 Å². The summed E-state index contributed by atoms with van der Waals surface area (Å²) in [6.07, 6.45) is -4.78. The van der Waals surface area contributed by atoms with Crippen molar-refractivity contribution in [1.29, 1.82) is 0 Å². The topological polar surface area (TPSA) is 84.7 Å². The van der Waals surface area contributed by atoms with Crippen LogP contribution in [-0.4, -0.2) is 21.1 Å². The average molecular weight is 288 g/mol. The third kappa shape index (κ3) is 3.11. The molecule has 0 bridgehead atoms. The molecule has 9 heteroatoms. The number of rotatable bonds is 3. The van der Waals surface area contributed by atoms with E-state index >= 15 is 0 Å². The number of hydrogen-bond acceptors (Lipinski definition) is 3. The van der Waals surface area contributed by atoms with Crippen molar-refractivity contribution in [3.8, 4) is 0 Å². The Bertz CT molecular complexity index is 650. The Kier molecular flexibility index (Phi) is 3.43. The highest BCUT2D eigenvalue weighted by atomic mass is 19.4. The molecule has 5 nitrogen and oxygen atoms in total. The number of hydrogen-bond donors (Lipinski definition) is 2. The van der Waals surface area contributed by atoms with Gasteiger partial charge in [-0.05, 0) is 23.8 Å². The molecule has 0 radical (unpaired) electrons. The zero-order valence-electron chi connectivity index (χ0n) is 9.83. The second kappa shape index (κ2) is 4.91. The fourth-order valence-electron chi connectivity index (χ4n) is 1.60. The highest BCUT2D eigenvalue weighted by molar-refractivity contribution is 5.88. The van der Waals surface area contributed by atoms with Gasteiger partial charge in [-0.2, -0.15) is 13.2 Å². The minimum Gasteiger partial charge on any atom is -0.363 e. The first-order valence-corrected chi connectivity index (χ1v) is 5.34. The van der Waals surface area contributed by atoms with Gasteiger partial charge in [0.05, 0.1) is 5.56 Å².